The van der Waals surface area contributed by atoms with Crippen molar-refractivity contribution in [3.63, 3.8) is 0 Å². The fourth-order valence-corrected chi connectivity index (χ4v) is 10.4. The molecule has 1 fully saturated rings. The van der Waals surface area contributed by atoms with Crippen LogP contribution in [0.2, 0.25) is 18.6 Å². The quantitative estimate of drug-likeness (QED) is 0.355. The van der Waals surface area contributed by atoms with Crippen LogP contribution in [0.4, 0.5) is 0 Å². The van der Waals surface area contributed by atoms with Crippen LogP contribution in [0.5, 0.6) is 5.75 Å². The molecular weight excluding hydrogens is 415 g/mol. The molecule has 0 N–H and O–H groups in total. The molecule has 0 saturated heterocycles. The van der Waals surface area contributed by atoms with Crippen LogP contribution >= 0.6 is 18.6 Å². The van der Waals surface area contributed by atoms with Crippen molar-refractivity contribution in [2.75, 3.05) is 7.11 Å². The van der Waals surface area contributed by atoms with E-state index >= 15 is 0 Å². The summed E-state index contributed by atoms with van der Waals surface area (Å²) in [6.45, 7) is 19.4. The third-order valence-corrected chi connectivity index (χ3v) is 11.2. The molecule has 0 amide bonds. The first kappa shape index (κ1) is 26.5. The van der Waals surface area contributed by atoms with Crippen LogP contribution in [-0.4, -0.2) is 15.2 Å². The zero-order valence-electron chi connectivity index (χ0n) is 18.2. The summed E-state index contributed by atoms with van der Waals surface area (Å²) in [5.74, 6) is 4.40. The van der Waals surface area contributed by atoms with Gasteiger partial charge >= 0.3 is 35.6 Å². The zero-order valence-corrected chi connectivity index (χ0v) is 22.3. The van der Waals surface area contributed by atoms with Crippen LogP contribution in [0.3, 0.4) is 0 Å². The first-order valence-electron chi connectivity index (χ1n) is 9.16. The molecule has 1 aliphatic carbocycles. The molecule has 4 unspecified atom stereocenters. The van der Waals surface area contributed by atoms with E-state index in [0.29, 0.717) is 0 Å². The SMILES string of the molecule is COc1c(C)cc(C)cc1[Si](C)(C)C1C(C)C(C)C(C)C1C.[CH3-].[Cl][Ti][Cl]. The van der Waals surface area contributed by atoms with Gasteiger partial charge in [-0.25, -0.2) is 0 Å². The van der Waals surface area contributed by atoms with E-state index in [1.165, 1.54) is 16.3 Å². The number of aryl methyl sites for hydroxylation is 2. The molecule has 1 nitrogen and oxygen atoms in total. The number of halogens is 2. The van der Waals surface area contributed by atoms with Gasteiger partial charge in [-0.15, -0.1) is 0 Å². The summed E-state index contributed by atoms with van der Waals surface area (Å²) >= 11 is -0.556. The van der Waals surface area contributed by atoms with Crippen LogP contribution in [0.1, 0.15) is 38.8 Å². The maximum absolute atomic E-state index is 5.84. The van der Waals surface area contributed by atoms with Gasteiger partial charge in [0.1, 0.15) is 5.75 Å². The monoisotopic (exact) mass is 451 g/mol. The minimum atomic E-state index is -1.61. The number of hydrogen-bond acceptors (Lipinski definition) is 1. The molecule has 1 aromatic carbocycles. The van der Waals surface area contributed by atoms with E-state index in [1.807, 2.05) is 7.11 Å². The first-order valence-corrected chi connectivity index (χ1v) is 16.5. The molecule has 0 bridgehead atoms. The van der Waals surface area contributed by atoms with Crippen LogP contribution < -0.4 is 9.92 Å². The molecule has 26 heavy (non-hydrogen) atoms. The molecule has 1 aromatic rings. The Kier molecular flexibility index (Phi) is 11.1. The van der Waals surface area contributed by atoms with Gasteiger partial charge in [-0.05, 0) is 53.8 Å². The minimum absolute atomic E-state index is 0. The second kappa shape index (κ2) is 10.9. The third kappa shape index (κ3) is 5.32. The molecule has 0 heterocycles. The molecular formula is C21H37Cl2OSiTi-. The normalized spacial score (nSPS) is 27.9. The number of benzene rings is 1. The van der Waals surface area contributed by atoms with Gasteiger partial charge < -0.3 is 12.2 Å². The van der Waals surface area contributed by atoms with Gasteiger partial charge in [-0.1, -0.05) is 58.5 Å². The zero-order chi connectivity index (χ0) is 19.5. The summed E-state index contributed by atoms with van der Waals surface area (Å²) in [6.07, 6.45) is 0. The van der Waals surface area contributed by atoms with Crippen molar-refractivity contribution in [2.24, 2.45) is 23.7 Å². The Morgan fingerprint density at radius 1 is 0.923 bits per heavy atom. The van der Waals surface area contributed by atoms with Crippen molar-refractivity contribution < 1.29 is 21.8 Å². The molecule has 5 heteroatoms. The Morgan fingerprint density at radius 2 is 1.35 bits per heavy atom. The molecule has 1 aliphatic rings. The Hall–Kier alpha value is 0.531. The molecule has 1 saturated carbocycles. The van der Waals surface area contributed by atoms with Gasteiger partial charge in [0.15, 0.2) is 0 Å². The molecule has 0 spiro atoms. The molecule has 150 valence electrons. The Morgan fingerprint density at radius 3 is 1.73 bits per heavy atom. The van der Waals surface area contributed by atoms with E-state index in [-0.39, 0.29) is 7.43 Å². The Balaban J connectivity index is 0.00000146. The summed E-state index contributed by atoms with van der Waals surface area (Å²) in [7, 11) is 10.0. The van der Waals surface area contributed by atoms with Gasteiger partial charge in [0, 0.05) is 0 Å². The van der Waals surface area contributed by atoms with Crippen LogP contribution in [0, 0.1) is 44.9 Å². The van der Waals surface area contributed by atoms with E-state index in [2.05, 4.69) is 66.8 Å². The van der Waals surface area contributed by atoms with Crippen molar-refractivity contribution in [3.05, 3.63) is 30.7 Å². The summed E-state index contributed by atoms with van der Waals surface area (Å²) < 4.78 is 5.84. The number of hydrogen-bond donors (Lipinski definition) is 0. The third-order valence-electron chi connectivity index (χ3n) is 6.77. The Bertz CT molecular complexity index is 565. The summed E-state index contributed by atoms with van der Waals surface area (Å²) in [4.78, 5) is 0. The van der Waals surface area contributed by atoms with Gasteiger partial charge in [0.25, 0.3) is 0 Å². The van der Waals surface area contributed by atoms with Gasteiger partial charge in [0.05, 0.1) is 15.2 Å². The second-order valence-electron chi connectivity index (χ2n) is 8.42. The second-order valence-corrected chi connectivity index (χ2v) is 15.6. The number of ether oxygens (including phenoxy) is 1. The van der Waals surface area contributed by atoms with Crippen molar-refractivity contribution in [1.29, 1.82) is 0 Å². The van der Waals surface area contributed by atoms with Crippen LogP contribution in [0.25, 0.3) is 0 Å². The van der Waals surface area contributed by atoms with E-state index in [1.54, 1.807) is 0 Å². The molecule has 0 aliphatic heterocycles. The van der Waals surface area contributed by atoms with Gasteiger partial charge in [0.2, 0.25) is 0 Å². The maximum atomic E-state index is 5.84. The molecule has 0 radical (unpaired) electrons. The van der Waals surface area contributed by atoms with Gasteiger partial charge in [-0.2, -0.15) is 0 Å². The van der Waals surface area contributed by atoms with E-state index in [0.717, 1.165) is 35.0 Å². The van der Waals surface area contributed by atoms with E-state index < -0.39 is 25.1 Å². The topological polar surface area (TPSA) is 9.23 Å². The number of rotatable bonds is 3. The summed E-state index contributed by atoms with van der Waals surface area (Å²) in [5.41, 5.74) is 3.48. The van der Waals surface area contributed by atoms with Crippen LogP contribution in [-0.2, 0) is 17.0 Å². The van der Waals surface area contributed by atoms with E-state index in [4.69, 9.17) is 23.3 Å². The predicted octanol–water partition coefficient (Wildman–Crippen LogP) is 6.98. The predicted molar refractivity (Wildman–Crippen MR) is 118 cm³/mol. The fourth-order valence-electron chi connectivity index (χ4n) is 5.29. The standard InChI is InChI=1S/C20H34OSi.CH3.2ClH.Ti/c1-12-10-13(2)19(21-7)18(11-12)22(8,9)20-16(5)14(3)15(4)17(20)6;;;;/h10-11,14-17,20H,1-9H3;1H3;2*1H;/q;-1;;;+2/p-2. The van der Waals surface area contributed by atoms with Crippen molar-refractivity contribution >= 4 is 31.9 Å². The van der Waals surface area contributed by atoms with Crippen molar-refractivity contribution in [1.82, 2.24) is 0 Å². The fraction of sp³-hybridized carbons (Fsp3) is 0.667. The summed E-state index contributed by atoms with van der Waals surface area (Å²) in [5, 5.41) is 1.53. The molecule has 4 atom stereocenters. The van der Waals surface area contributed by atoms with Crippen molar-refractivity contribution in [2.45, 2.75) is 60.2 Å². The van der Waals surface area contributed by atoms with E-state index in [9.17, 15) is 0 Å². The first-order chi connectivity index (χ1) is 11.5. The average molecular weight is 452 g/mol. The van der Waals surface area contributed by atoms with Crippen LogP contribution in [0.15, 0.2) is 12.1 Å². The van der Waals surface area contributed by atoms with Gasteiger partial charge in [-0.3, -0.25) is 0 Å². The molecule has 2 rings (SSSR count). The average Bonchev–Trinajstić information content (AvgIpc) is 2.71. The van der Waals surface area contributed by atoms with Crippen molar-refractivity contribution in [3.8, 4) is 5.75 Å². The molecule has 0 aromatic heterocycles. The number of methoxy groups -OCH3 is 1. The summed E-state index contributed by atoms with van der Waals surface area (Å²) in [6, 6.07) is 4.66. The Labute approximate surface area is 180 Å².